The van der Waals surface area contributed by atoms with Gasteiger partial charge >= 0.3 is 0 Å². The van der Waals surface area contributed by atoms with Crippen molar-refractivity contribution in [2.24, 2.45) is 0 Å². The van der Waals surface area contributed by atoms with E-state index in [4.69, 9.17) is 0 Å². The predicted octanol–water partition coefficient (Wildman–Crippen LogP) is 5.00. The molecule has 0 atom stereocenters. The predicted molar refractivity (Wildman–Crippen MR) is 108 cm³/mol. The number of nitrogens with zero attached hydrogens (tertiary/aromatic N) is 2. The van der Waals surface area contributed by atoms with Crippen molar-refractivity contribution >= 4 is 28.2 Å². The molecule has 0 aliphatic rings. The highest BCUT2D eigenvalue weighted by molar-refractivity contribution is 6.10. The SMILES string of the molecule is CCN(C)C(=O)c1cnc(Nc2cccc(C)c2C)c2cccc(C)c12. The number of hydrogen-bond acceptors (Lipinski definition) is 3. The Kier molecular flexibility index (Phi) is 4.94. The molecule has 0 unspecified atom stereocenters. The largest absolute Gasteiger partial charge is 0.342 e. The van der Waals surface area contributed by atoms with Crippen LogP contribution in [0.4, 0.5) is 11.5 Å². The maximum atomic E-state index is 12.8. The highest BCUT2D eigenvalue weighted by atomic mass is 16.2. The van der Waals surface area contributed by atoms with E-state index in [1.54, 1.807) is 11.1 Å². The van der Waals surface area contributed by atoms with Crippen molar-refractivity contribution in [3.63, 3.8) is 0 Å². The molecule has 3 rings (SSSR count). The monoisotopic (exact) mass is 347 g/mol. The van der Waals surface area contributed by atoms with Gasteiger partial charge < -0.3 is 10.2 Å². The van der Waals surface area contributed by atoms with E-state index in [2.05, 4.69) is 36.3 Å². The van der Waals surface area contributed by atoms with Crippen LogP contribution in [0.25, 0.3) is 10.8 Å². The molecule has 0 saturated heterocycles. The fourth-order valence-corrected chi connectivity index (χ4v) is 3.11. The molecule has 1 aromatic heterocycles. The van der Waals surface area contributed by atoms with Crippen molar-refractivity contribution < 1.29 is 4.79 Å². The molecule has 0 aliphatic heterocycles. The van der Waals surface area contributed by atoms with Crippen molar-refractivity contribution in [2.75, 3.05) is 18.9 Å². The number of anilines is 2. The highest BCUT2D eigenvalue weighted by Crippen LogP contribution is 2.31. The van der Waals surface area contributed by atoms with Gasteiger partial charge in [-0.2, -0.15) is 0 Å². The molecule has 0 aliphatic carbocycles. The zero-order valence-electron chi connectivity index (χ0n) is 16.1. The standard InChI is InChI=1S/C22H25N3O/c1-6-25(5)22(26)18-13-23-21(17-11-7-10-15(3)20(17)18)24-19-12-8-9-14(2)16(19)4/h7-13H,6H2,1-5H3,(H,23,24). The summed E-state index contributed by atoms with van der Waals surface area (Å²) in [6.45, 7) is 8.86. The van der Waals surface area contributed by atoms with Crippen molar-refractivity contribution in [1.29, 1.82) is 0 Å². The third-order valence-corrected chi connectivity index (χ3v) is 5.03. The fourth-order valence-electron chi connectivity index (χ4n) is 3.11. The Labute approximate surface area is 154 Å². The summed E-state index contributed by atoms with van der Waals surface area (Å²) in [6.07, 6.45) is 1.69. The van der Waals surface area contributed by atoms with Gasteiger partial charge in [0.15, 0.2) is 0 Å². The first kappa shape index (κ1) is 17.9. The Balaban J connectivity index is 2.16. The molecule has 134 valence electrons. The number of carbonyl (C=O) groups is 1. The quantitative estimate of drug-likeness (QED) is 0.723. The molecule has 0 saturated carbocycles. The molecule has 4 heteroatoms. The summed E-state index contributed by atoms with van der Waals surface area (Å²) in [5.41, 5.74) is 5.17. The summed E-state index contributed by atoms with van der Waals surface area (Å²) in [4.78, 5) is 19.1. The van der Waals surface area contributed by atoms with Gasteiger partial charge in [0, 0.05) is 36.2 Å². The lowest BCUT2D eigenvalue weighted by Gasteiger charge is -2.19. The third-order valence-electron chi connectivity index (χ3n) is 5.03. The maximum absolute atomic E-state index is 12.8. The summed E-state index contributed by atoms with van der Waals surface area (Å²) in [5, 5.41) is 5.37. The Hall–Kier alpha value is -2.88. The van der Waals surface area contributed by atoms with E-state index >= 15 is 0 Å². The van der Waals surface area contributed by atoms with Crippen LogP contribution in [-0.2, 0) is 0 Å². The minimum atomic E-state index is -0.00224. The number of aryl methyl sites for hydroxylation is 2. The average Bonchev–Trinajstić information content (AvgIpc) is 2.64. The summed E-state index contributed by atoms with van der Waals surface area (Å²) in [5.74, 6) is 0.769. The summed E-state index contributed by atoms with van der Waals surface area (Å²) < 4.78 is 0. The molecular weight excluding hydrogens is 322 g/mol. The zero-order chi connectivity index (χ0) is 18.8. The van der Waals surface area contributed by atoms with Crippen LogP contribution in [0, 0.1) is 20.8 Å². The average molecular weight is 347 g/mol. The molecule has 0 bridgehead atoms. The summed E-state index contributed by atoms with van der Waals surface area (Å²) in [6, 6.07) is 12.2. The van der Waals surface area contributed by atoms with Gasteiger partial charge in [0.25, 0.3) is 5.91 Å². The van der Waals surface area contributed by atoms with Gasteiger partial charge in [-0.15, -0.1) is 0 Å². The van der Waals surface area contributed by atoms with E-state index in [-0.39, 0.29) is 5.91 Å². The van der Waals surface area contributed by atoms with Gasteiger partial charge in [0.2, 0.25) is 0 Å². The number of rotatable bonds is 4. The first-order chi connectivity index (χ1) is 12.4. The molecule has 4 nitrogen and oxygen atoms in total. The second-order valence-corrected chi connectivity index (χ2v) is 6.71. The fraction of sp³-hybridized carbons (Fsp3) is 0.273. The van der Waals surface area contributed by atoms with Crippen LogP contribution in [0.3, 0.4) is 0 Å². The van der Waals surface area contributed by atoms with Gasteiger partial charge in [-0.1, -0.05) is 30.3 Å². The van der Waals surface area contributed by atoms with Crippen LogP contribution in [-0.4, -0.2) is 29.4 Å². The Bertz CT molecular complexity index is 979. The lowest BCUT2D eigenvalue weighted by Crippen LogP contribution is -2.26. The topological polar surface area (TPSA) is 45.2 Å². The molecule has 1 heterocycles. The van der Waals surface area contributed by atoms with Crippen LogP contribution in [0.2, 0.25) is 0 Å². The number of fused-ring (bicyclic) bond motifs is 1. The molecule has 1 amide bonds. The van der Waals surface area contributed by atoms with Gasteiger partial charge in [-0.3, -0.25) is 4.79 Å². The second-order valence-electron chi connectivity index (χ2n) is 6.71. The molecule has 0 radical (unpaired) electrons. The number of amides is 1. The molecular formula is C22H25N3O. The van der Waals surface area contributed by atoms with Crippen LogP contribution in [0.1, 0.15) is 34.0 Å². The molecule has 0 fully saturated rings. The minimum Gasteiger partial charge on any atom is -0.342 e. The number of hydrogen-bond donors (Lipinski definition) is 1. The number of pyridine rings is 1. The summed E-state index contributed by atoms with van der Waals surface area (Å²) in [7, 11) is 1.81. The maximum Gasteiger partial charge on any atom is 0.255 e. The molecule has 2 aromatic carbocycles. The van der Waals surface area contributed by atoms with Crippen LogP contribution < -0.4 is 5.32 Å². The van der Waals surface area contributed by atoms with Crippen LogP contribution >= 0.6 is 0 Å². The van der Waals surface area contributed by atoms with Gasteiger partial charge in [-0.25, -0.2) is 4.98 Å². The third kappa shape index (κ3) is 3.15. The lowest BCUT2D eigenvalue weighted by atomic mass is 10.0. The minimum absolute atomic E-state index is 0.00224. The highest BCUT2D eigenvalue weighted by Gasteiger charge is 2.18. The van der Waals surface area contributed by atoms with E-state index < -0.39 is 0 Å². The molecule has 1 N–H and O–H groups in total. The van der Waals surface area contributed by atoms with E-state index in [9.17, 15) is 4.79 Å². The van der Waals surface area contributed by atoms with Gasteiger partial charge in [0.1, 0.15) is 5.82 Å². The first-order valence-corrected chi connectivity index (χ1v) is 8.91. The van der Waals surface area contributed by atoms with Crippen LogP contribution in [0.15, 0.2) is 42.6 Å². The zero-order valence-corrected chi connectivity index (χ0v) is 16.1. The van der Waals surface area contributed by atoms with E-state index in [1.807, 2.05) is 45.2 Å². The normalized spacial score (nSPS) is 10.8. The number of benzene rings is 2. The Morgan fingerprint density at radius 3 is 2.50 bits per heavy atom. The van der Waals surface area contributed by atoms with Gasteiger partial charge in [0.05, 0.1) is 5.56 Å². The van der Waals surface area contributed by atoms with Crippen molar-refractivity contribution in [2.45, 2.75) is 27.7 Å². The van der Waals surface area contributed by atoms with Crippen molar-refractivity contribution in [1.82, 2.24) is 9.88 Å². The van der Waals surface area contributed by atoms with Crippen molar-refractivity contribution in [3.8, 4) is 0 Å². The summed E-state index contributed by atoms with van der Waals surface area (Å²) >= 11 is 0. The van der Waals surface area contributed by atoms with E-state index in [0.717, 1.165) is 27.8 Å². The number of aromatic nitrogens is 1. The molecule has 0 spiro atoms. The van der Waals surface area contributed by atoms with E-state index in [0.29, 0.717) is 12.1 Å². The van der Waals surface area contributed by atoms with Crippen LogP contribution in [0.5, 0.6) is 0 Å². The second kappa shape index (κ2) is 7.16. The molecule has 3 aromatic rings. The first-order valence-electron chi connectivity index (χ1n) is 8.91. The van der Waals surface area contributed by atoms with E-state index in [1.165, 1.54) is 11.1 Å². The Morgan fingerprint density at radius 1 is 1.08 bits per heavy atom. The number of carbonyl (C=O) groups excluding carboxylic acids is 1. The Morgan fingerprint density at radius 2 is 1.77 bits per heavy atom. The smallest absolute Gasteiger partial charge is 0.255 e. The van der Waals surface area contributed by atoms with Gasteiger partial charge in [-0.05, 0) is 50.5 Å². The lowest BCUT2D eigenvalue weighted by molar-refractivity contribution is 0.0804. The molecule has 26 heavy (non-hydrogen) atoms. The van der Waals surface area contributed by atoms with Crippen molar-refractivity contribution in [3.05, 3.63) is 64.8 Å². The number of nitrogens with one attached hydrogen (secondary N) is 1.